The van der Waals surface area contributed by atoms with Gasteiger partial charge in [0.25, 0.3) is 5.91 Å². The summed E-state index contributed by atoms with van der Waals surface area (Å²) in [6.45, 7) is 0. The third kappa shape index (κ3) is 3.58. The number of carbonyl (C=O) groups excluding carboxylic acids is 1. The monoisotopic (exact) mass is 340 g/mol. The van der Waals surface area contributed by atoms with Gasteiger partial charge in [-0.25, -0.2) is 5.43 Å². The summed E-state index contributed by atoms with van der Waals surface area (Å²) in [6.07, 6.45) is 6.03. The van der Waals surface area contributed by atoms with E-state index in [4.69, 9.17) is 4.42 Å². The number of aromatic nitrogens is 3. The molecule has 10 nitrogen and oxygen atoms in total. The third-order valence-electron chi connectivity index (χ3n) is 3.17. The largest absolute Gasteiger partial charge is 0.433 e. The van der Waals surface area contributed by atoms with Crippen molar-refractivity contribution in [1.82, 2.24) is 20.2 Å². The highest BCUT2D eigenvalue weighted by atomic mass is 16.6. The van der Waals surface area contributed by atoms with Crippen LogP contribution in [0.3, 0.4) is 0 Å². The number of pyridine rings is 1. The molecule has 3 rings (SSSR count). The maximum Gasteiger partial charge on any atom is 0.433 e. The number of hydrogen-bond donors (Lipinski definition) is 1. The van der Waals surface area contributed by atoms with Crippen molar-refractivity contribution in [3.63, 3.8) is 0 Å². The molecule has 0 aliphatic heterocycles. The molecule has 0 fully saturated rings. The molecule has 0 unspecified atom stereocenters. The molecule has 1 N–H and O–H groups in total. The Hall–Kier alpha value is -3.82. The Morgan fingerprint density at radius 3 is 2.80 bits per heavy atom. The molecule has 0 aliphatic rings. The van der Waals surface area contributed by atoms with Crippen LogP contribution in [0.15, 0.2) is 52.4 Å². The highest BCUT2D eigenvalue weighted by molar-refractivity contribution is 5.95. The molecule has 3 aromatic heterocycles. The van der Waals surface area contributed by atoms with Crippen molar-refractivity contribution in [3.8, 4) is 11.5 Å². The van der Waals surface area contributed by atoms with E-state index in [1.54, 1.807) is 25.4 Å². The third-order valence-corrected chi connectivity index (χ3v) is 3.17. The number of amides is 1. The summed E-state index contributed by atoms with van der Waals surface area (Å²) >= 11 is 0. The fraction of sp³-hybridized carbons (Fsp3) is 0.0667. The van der Waals surface area contributed by atoms with Crippen molar-refractivity contribution in [2.45, 2.75) is 0 Å². The normalized spacial score (nSPS) is 10.9. The van der Waals surface area contributed by atoms with Crippen LogP contribution in [-0.2, 0) is 7.05 Å². The topological polar surface area (TPSA) is 128 Å². The second-order valence-electron chi connectivity index (χ2n) is 4.94. The summed E-state index contributed by atoms with van der Waals surface area (Å²) in [6, 6.07) is 5.81. The van der Waals surface area contributed by atoms with E-state index in [1.807, 2.05) is 0 Å². The molecule has 0 aromatic carbocycles. The molecule has 0 bridgehead atoms. The maximum atomic E-state index is 11.9. The Bertz CT molecular complexity index is 944. The van der Waals surface area contributed by atoms with Crippen molar-refractivity contribution >= 4 is 18.0 Å². The molecular weight excluding hydrogens is 328 g/mol. The summed E-state index contributed by atoms with van der Waals surface area (Å²) in [5, 5.41) is 18.8. The first-order valence-corrected chi connectivity index (χ1v) is 7.06. The Kier molecular flexibility index (Phi) is 4.33. The number of hydrazone groups is 1. The SMILES string of the molecule is Cn1cc(/C=N/NC(=O)c2ccncc2)c(-c2ccc([N+](=O)[O-])o2)n1. The van der Waals surface area contributed by atoms with E-state index in [2.05, 4.69) is 20.6 Å². The molecule has 0 spiro atoms. The Morgan fingerprint density at radius 2 is 2.12 bits per heavy atom. The van der Waals surface area contributed by atoms with Gasteiger partial charge in [-0.2, -0.15) is 10.2 Å². The minimum Gasteiger partial charge on any atom is -0.399 e. The van der Waals surface area contributed by atoms with Crippen LogP contribution in [0.25, 0.3) is 11.5 Å². The van der Waals surface area contributed by atoms with Crippen molar-refractivity contribution < 1.29 is 14.1 Å². The molecule has 3 aromatic rings. The number of rotatable bonds is 5. The van der Waals surface area contributed by atoms with Gasteiger partial charge in [-0.3, -0.25) is 24.6 Å². The van der Waals surface area contributed by atoms with Crippen LogP contribution < -0.4 is 5.43 Å². The van der Waals surface area contributed by atoms with Gasteiger partial charge in [0.2, 0.25) is 0 Å². The smallest absolute Gasteiger partial charge is 0.399 e. The Balaban J connectivity index is 1.78. The lowest BCUT2D eigenvalue weighted by atomic mass is 10.2. The predicted octanol–water partition coefficient (Wildman–Crippen LogP) is 1.75. The molecular formula is C15H12N6O4. The van der Waals surface area contributed by atoms with Crippen molar-refractivity contribution in [3.05, 3.63) is 64.1 Å². The van der Waals surface area contributed by atoms with Gasteiger partial charge < -0.3 is 4.42 Å². The van der Waals surface area contributed by atoms with Gasteiger partial charge in [0.15, 0.2) is 5.76 Å². The Labute approximate surface area is 140 Å². The van der Waals surface area contributed by atoms with Crippen LogP contribution in [0.4, 0.5) is 5.88 Å². The molecule has 0 saturated heterocycles. The molecule has 0 atom stereocenters. The van der Waals surface area contributed by atoms with Gasteiger partial charge in [0.05, 0.1) is 12.3 Å². The number of nitrogens with one attached hydrogen (secondary N) is 1. The van der Waals surface area contributed by atoms with Gasteiger partial charge in [0, 0.05) is 36.8 Å². The second-order valence-corrected chi connectivity index (χ2v) is 4.94. The average Bonchev–Trinajstić information content (AvgIpc) is 3.22. The van der Waals surface area contributed by atoms with Gasteiger partial charge >= 0.3 is 5.88 Å². The zero-order valence-corrected chi connectivity index (χ0v) is 13.0. The fourth-order valence-corrected chi connectivity index (χ4v) is 2.07. The summed E-state index contributed by atoms with van der Waals surface area (Å²) < 4.78 is 6.66. The maximum absolute atomic E-state index is 11.9. The van der Waals surface area contributed by atoms with Crippen molar-refractivity contribution in [2.24, 2.45) is 12.1 Å². The zero-order valence-electron chi connectivity index (χ0n) is 13.0. The fourth-order valence-electron chi connectivity index (χ4n) is 2.07. The van der Waals surface area contributed by atoms with Gasteiger partial charge in [-0.05, 0) is 18.2 Å². The first-order chi connectivity index (χ1) is 12.0. The first-order valence-electron chi connectivity index (χ1n) is 7.06. The van der Waals surface area contributed by atoms with Crippen LogP contribution in [0.1, 0.15) is 15.9 Å². The molecule has 3 heterocycles. The number of furan rings is 1. The molecule has 126 valence electrons. The summed E-state index contributed by atoms with van der Waals surface area (Å²) in [5.74, 6) is -0.540. The van der Waals surface area contributed by atoms with Gasteiger partial charge in [-0.15, -0.1) is 0 Å². The van der Waals surface area contributed by atoms with E-state index in [-0.39, 0.29) is 11.6 Å². The second kappa shape index (κ2) is 6.74. The van der Waals surface area contributed by atoms with E-state index < -0.39 is 10.8 Å². The molecule has 0 saturated carbocycles. The summed E-state index contributed by atoms with van der Waals surface area (Å²) in [4.78, 5) is 25.8. The predicted molar refractivity (Wildman–Crippen MR) is 86.9 cm³/mol. The number of nitrogens with zero attached hydrogens (tertiary/aromatic N) is 5. The van der Waals surface area contributed by atoms with E-state index in [0.29, 0.717) is 16.8 Å². The number of nitro groups is 1. The van der Waals surface area contributed by atoms with E-state index in [9.17, 15) is 14.9 Å². The minimum atomic E-state index is -0.630. The molecule has 10 heteroatoms. The molecule has 25 heavy (non-hydrogen) atoms. The van der Waals surface area contributed by atoms with Crippen LogP contribution in [0.2, 0.25) is 0 Å². The highest BCUT2D eigenvalue weighted by Crippen LogP contribution is 2.26. The number of carbonyl (C=O) groups is 1. The Morgan fingerprint density at radius 1 is 1.36 bits per heavy atom. The van der Waals surface area contributed by atoms with Crippen LogP contribution in [0.5, 0.6) is 0 Å². The van der Waals surface area contributed by atoms with Gasteiger partial charge in [0.1, 0.15) is 10.6 Å². The molecule has 0 aliphatic carbocycles. The lowest BCUT2D eigenvalue weighted by Crippen LogP contribution is -2.17. The summed E-state index contributed by atoms with van der Waals surface area (Å²) in [7, 11) is 1.69. The lowest BCUT2D eigenvalue weighted by Gasteiger charge is -1.98. The van der Waals surface area contributed by atoms with E-state index >= 15 is 0 Å². The van der Waals surface area contributed by atoms with Crippen LogP contribution >= 0.6 is 0 Å². The van der Waals surface area contributed by atoms with Crippen molar-refractivity contribution in [2.75, 3.05) is 0 Å². The highest BCUT2D eigenvalue weighted by Gasteiger charge is 2.17. The minimum absolute atomic E-state index is 0.231. The zero-order chi connectivity index (χ0) is 17.8. The van der Waals surface area contributed by atoms with Gasteiger partial charge in [-0.1, -0.05) is 0 Å². The van der Waals surface area contributed by atoms with Crippen molar-refractivity contribution in [1.29, 1.82) is 0 Å². The quantitative estimate of drug-likeness (QED) is 0.428. The molecule has 0 radical (unpaired) electrons. The van der Waals surface area contributed by atoms with Crippen LogP contribution in [0, 0.1) is 10.1 Å². The number of hydrogen-bond acceptors (Lipinski definition) is 7. The van der Waals surface area contributed by atoms with E-state index in [0.717, 1.165) is 0 Å². The standard InChI is InChI=1S/C15H12N6O4/c1-20-9-11(8-17-18-15(22)10-4-6-16-7-5-10)14(19-20)12-2-3-13(25-12)21(23)24/h2-9H,1H3,(H,18,22)/b17-8+. The summed E-state index contributed by atoms with van der Waals surface area (Å²) in [5.41, 5.74) is 3.70. The van der Waals surface area contributed by atoms with Crippen LogP contribution in [-0.4, -0.2) is 31.8 Å². The average molecular weight is 340 g/mol. The lowest BCUT2D eigenvalue weighted by molar-refractivity contribution is -0.401. The molecule has 1 amide bonds. The first kappa shape index (κ1) is 16.1. The van der Waals surface area contributed by atoms with E-state index in [1.165, 1.54) is 35.4 Å². The number of aryl methyl sites for hydroxylation is 1.